The van der Waals surface area contributed by atoms with Gasteiger partial charge in [-0.3, -0.25) is 9.89 Å². The van der Waals surface area contributed by atoms with Crippen LogP contribution >= 0.6 is 12.2 Å². The van der Waals surface area contributed by atoms with E-state index in [1.165, 1.54) is 0 Å². The van der Waals surface area contributed by atoms with Gasteiger partial charge >= 0.3 is 0 Å². The number of H-pyrrole nitrogens is 1. The van der Waals surface area contributed by atoms with E-state index < -0.39 is 5.41 Å². The van der Waals surface area contributed by atoms with Crippen molar-refractivity contribution in [3.8, 4) is 0 Å². The molecule has 26 heavy (non-hydrogen) atoms. The highest BCUT2D eigenvalue weighted by Crippen LogP contribution is 2.35. The van der Waals surface area contributed by atoms with Crippen LogP contribution in [0.1, 0.15) is 44.0 Å². The summed E-state index contributed by atoms with van der Waals surface area (Å²) >= 11 is 5.31. The third-order valence-electron chi connectivity index (χ3n) is 5.03. The fourth-order valence-electron chi connectivity index (χ4n) is 3.56. The zero-order valence-corrected chi connectivity index (χ0v) is 16.1. The number of aromatic amines is 1. The van der Waals surface area contributed by atoms with Crippen LogP contribution in [-0.4, -0.2) is 40.4 Å². The van der Waals surface area contributed by atoms with Gasteiger partial charge in [0, 0.05) is 32.2 Å². The molecule has 7 heteroatoms. The van der Waals surface area contributed by atoms with Gasteiger partial charge in [0.15, 0.2) is 4.77 Å². The molecule has 0 atom stereocenters. The monoisotopic (exact) mass is 374 g/mol. The molecule has 1 aromatic carbocycles. The first-order valence-corrected chi connectivity index (χ1v) is 9.52. The Balaban J connectivity index is 1.72. The number of ether oxygens (including phenoxy) is 1. The Bertz CT molecular complexity index is 791. The molecule has 2 heterocycles. The van der Waals surface area contributed by atoms with Gasteiger partial charge in [0.1, 0.15) is 5.82 Å². The Labute approximate surface area is 159 Å². The van der Waals surface area contributed by atoms with E-state index in [4.69, 9.17) is 17.0 Å². The lowest BCUT2D eigenvalue weighted by Gasteiger charge is -2.36. The van der Waals surface area contributed by atoms with Crippen molar-refractivity contribution in [2.45, 2.75) is 44.6 Å². The summed E-state index contributed by atoms with van der Waals surface area (Å²) in [6, 6.07) is 10.0. The number of carbonyl (C=O) groups is 1. The van der Waals surface area contributed by atoms with Gasteiger partial charge < -0.3 is 14.6 Å². The molecule has 0 radical (unpaired) electrons. The van der Waals surface area contributed by atoms with Crippen LogP contribution in [0.4, 0.5) is 0 Å². The van der Waals surface area contributed by atoms with Crippen LogP contribution in [0.15, 0.2) is 30.3 Å². The van der Waals surface area contributed by atoms with Crippen molar-refractivity contribution in [3.05, 3.63) is 46.5 Å². The summed E-state index contributed by atoms with van der Waals surface area (Å²) < 4.78 is 8.05. The summed E-state index contributed by atoms with van der Waals surface area (Å²) in [5.74, 6) is 1.24. The molecule has 1 aliphatic rings. The number of aromatic nitrogens is 3. The van der Waals surface area contributed by atoms with Crippen molar-refractivity contribution in [2.75, 3.05) is 19.8 Å². The van der Waals surface area contributed by atoms with Crippen molar-refractivity contribution >= 4 is 18.1 Å². The lowest BCUT2D eigenvalue weighted by molar-refractivity contribution is -0.130. The first kappa shape index (κ1) is 18.8. The number of amides is 1. The molecule has 140 valence electrons. The van der Waals surface area contributed by atoms with Crippen molar-refractivity contribution < 1.29 is 9.53 Å². The topological polar surface area (TPSA) is 71.9 Å². The molecule has 0 spiro atoms. The second-order valence-corrected chi connectivity index (χ2v) is 7.40. The molecule has 1 aliphatic heterocycles. The highest BCUT2D eigenvalue weighted by Gasteiger charge is 2.41. The zero-order chi connectivity index (χ0) is 18.6. The molecule has 6 nitrogen and oxygen atoms in total. The Morgan fingerprint density at radius 1 is 1.35 bits per heavy atom. The number of hydrogen-bond acceptors (Lipinski definition) is 4. The molecule has 3 rings (SSSR count). The van der Waals surface area contributed by atoms with Crippen molar-refractivity contribution in [2.24, 2.45) is 0 Å². The predicted molar refractivity (Wildman–Crippen MR) is 103 cm³/mol. The smallest absolute Gasteiger partial charge is 0.230 e. The summed E-state index contributed by atoms with van der Waals surface area (Å²) in [4.78, 5) is 13.1. The molecule has 2 N–H and O–H groups in total. The maximum absolute atomic E-state index is 13.1. The van der Waals surface area contributed by atoms with Gasteiger partial charge in [-0.15, -0.1) is 0 Å². The first-order chi connectivity index (χ1) is 12.5. The average Bonchev–Trinajstić information content (AvgIpc) is 3.04. The van der Waals surface area contributed by atoms with E-state index >= 15 is 0 Å². The number of nitrogens with zero attached hydrogens (tertiary/aromatic N) is 2. The van der Waals surface area contributed by atoms with Crippen LogP contribution in [0.5, 0.6) is 0 Å². The molecular weight excluding hydrogens is 348 g/mol. The van der Waals surface area contributed by atoms with Crippen LogP contribution in [-0.2, 0) is 21.5 Å². The molecule has 0 aliphatic carbocycles. The normalized spacial score (nSPS) is 16.6. The Hall–Kier alpha value is -1.99. The number of benzene rings is 1. The Kier molecular flexibility index (Phi) is 5.88. The minimum absolute atomic E-state index is 0.0631. The van der Waals surface area contributed by atoms with Gasteiger partial charge in [-0.2, -0.15) is 5.10 Å². The number of hydrogen-bond donors (Lipinski definition) is 2. The van der Waals surface area contributed by atoms with Gasteiger partial charge in [-0.1, -0.05) is 44.2 Å². The van der Waals surface area contributed by atoms with Gasteiger partial charge in [-0.25, -0.2) is 0 Å². The van der Waals surface area contributed by atoms with Gasteiger partial charge in [-0.05, 0) is 30.6 Å². The second-order valence-electron chi connectivity index (χ2n) is 7.01. The molecule has 1 fully saturated rings. The molecule has 1 amide bonds. The molecule has 1 aromatic heterocycles. The lowest BCUT2D eigenvalue weighted by Crippen LogP contribution is -2.48. The van der Waals surface area contributed by atoms with Crippen LogP contribution in [0.25, 0.3) is 0 Å². The largest absolute Gasteiger partial charge is 0.381 e. The highest BCUT2D eigenvalue weighted by atomic mass is 32.1. The molecule has 0 saturated carbocycles. The Morgan fingerprint density at radius 2 is 2.04 bits per heavy atom. The van der Waals surface area contributed by atoms with Crippen molar-refractivity contribution in [3.63, 3.8) is 0 Å². The summed E-state index contributed by atoms with van der Waals surface area (Å²) in [5.41, 5.74) is 0.543. The van der Waals surface area contributed by atoms with E-state index in [9.17, 15) is 4.79 Å². The number of nitrogens with one attached hydrogen (secondary N) is 2. The first-order valence-electron chi connectivity index (χ1n) is 9.11. The molecular formula is C19H26N4O2S. The average molecular weight is 375 g/mol. The molecule has 0 unspecified atom stereocenters. The lowest BCUT2D eigenvalue weighted by atomic mass is 9.73. The third kappa shape index (κ3) is 3.73. The standard InChI is InChI=1S/C19H26N4O2S/c1-14(2)16-21-22-18(26)23(16)11-10-20-17(24)19(8-12-25-13-9-19)15-6-4-3-5-7-15/h3-7,14H,8-13H2,1-2H3,(H,20,24)(H,22,26). The van der Waals surface area contributed by atoms with Gasteiger partial charge in [0.2, 0.25) is 5.91 Å². The number of carbonyl (C=O) groups excluding carboxylic acids is 1. The predicted octanol–water partition coefficient (Wildman–Crippen LogP) is 2.93. The zero-order valence-electron chi connectivity index (χ0n) is 15.3. The van der Waals surface area contributed by atoms with Gasteiger partial charge in [0.05, 0.1) is 5.41 Å². The van der Waals surface area contributed by atoms with Crippen molar-refractivity contribution in [1.29, 1.82) is 0 Å². The van der Waals surface area contributed by atoms with Crippen LogP contribution < -0.4 is 5.32 Å². The van der Waals surface area contributed by atoms with E-state index in [-0.39, 0.29) is 11.8 Å². The number of rotatable bonds is 6. The third-order valence-corrected chi connectivity index (χ3v) is 5.34. The van der Waals surface area contributed by atoms with E-state index in [1.54, 1.807) is 0 Å². The molecule has 1 saturated heterocycles. The van der Waals surface area contributed by atoms with Crippen molar-refractivity contribution in [1.82, 2.24) is 20.1 Å². The minimum atomic E-state index is -0.516. The SMILES string of the molecule is CC(C)c1n[nH]c(=S)n1CCNC(=O)C1(c2ccccc2)CCOCC1. The maximum Gasteiger partial charge on any atom is 0.230 e. The fraction of sp³-hybridized carbons (Fsp3) is 0.526. The van der Waals surface area contributed by atoms with E-state index in [2.05, 4.69) is 29.4 Å². The molecule has 0 bridgehead atoms. The van der Waals surface area contributed by atoms with Crippen LogP contribution in [0.2, 0.25) is 0 Å². The maximum atomic E-state index is 13.1. The minimum Gasteiger partial charge on any atom is -0.381 e. The van der Waals surface area contributed by atoms with Crippen LogP contribution in [0.3, 0.4) is 0 Å². The quantitative estimate of drug-likeness (QED) is 0.763. The second kappa shape index (κ2) is 8.14. The summed E-state index contributed by atoms with van der Waals surface area (Å²) in [6.07, 6.45) is 1.40. The Morgan fingerprint density at radius 3 is 2.69 bits per heavy atom. The summed E-state index contributed by atoms with van der Waals surface area (Å²) in [6.45, 7) is 6.48. The fourth-order valence-corrected chi connectivity index (χ4v) is 3.79. The summed E-state index contributed by atoms with van der Waals surface area (Å²) in [5, 5.41) is 10.2. The van der Waals surface area contributed by atoms with E-state index in [0.29, 0.717) is 43.9 Å². The summed E-state index contributed by atoms with van der Waals surface area (Å²) in [7, 11) is 0. The van der Waals surface area contributed by atoms with Gasteiger partial charge in [0.25, 0.3) is 0 Å². The highest BCUT2D eigenvalue weighted by molar-refractivity contribution is 7.71. The van der Waals surface area contributed by atoms with E-state index in [1.807, 2.05) is 34.9 Å². The molecule has 2 aromatic rings. The van der Waals surface area contributed by atoms with E-state index in [0.717, 1.165) is 11.4 Å². The van der Waals surface area contributed by atoms with Crippen LogP contribution in [0, 0.1) is 4.77 Å².